The van der Waals surface area contributed by atoms with Crippen molar-refractivity contribution in [3.63, 3.8) is 0 Å². The third kappa shape index (κ3) is 5.50. The molecule has 0 spiro atoms. The Balaban J connectivity index is 1.82. The standard InChI is InChI=1S/C22H19BrClNO5S/c1-3-29-18-10-13(9-16(23)20(18)30-4-2)11-19-21(27)25(22(28)31-19)12-17(26)14-5-7-15(24)8-6-14/h5-11H,3-4,12H2,1-2H3/b19-11+. The van der Waals surface area contributed by atoms with Gasteiger partial charge in [-0.1, -0.05) is 11.6 Å². The summed E-state index contributed by atoms with van der Waals surface area (Å²) in [5.41, 5.74) is 1.04. The number of nitrogens with zero attached hydrogens (tertiary/aromatic N) is 1. The van der Waals surface area contributed by atoms with Gasteiger partial charge in [-0.15, -0.1) is 0 Å². The highest BCUT2D eigenvalue weighted by atomic mass is 79.9. The fourth-order valence-electron chi connectivity index (χ4n) is 2.88. The van der Waals surface area contributed by atoms with Gasteiger partial charge in [-0.05, 0) is 89.6 Å². The summed E-state index contributed by atoms with van der Waals surface area (Å²) in [7, 11) is 0. The summed E-state index contributed by atoms with van der Waals surface area (Å²) in [4.78, 5) is 38.8. The zero-order valence-corrected chi connectivity index (χ0v) is 20.0. The topological polar surface area (TPSA) is 72.9 Å². The van der Waals surface area contributed by atoms with Crippen molar-refractivity contribution >= 4 is 62.3 Å². The third-order valence-electron chi connectivity index (χ3n) is 4.26. The van der Waals surface area contributed by atoms with Crippen LogP contribution in [0.2, 0.25) is 5.02 Å². The van der Waals surface area contributed by atoms with Crippen LogP contribution in [0.1, 0.15) is 29.8 Å². The molecule has 2 aromatic carbocycles. The van der Waals surface area contributed by atoms with Crippen LogP contribution >= 0.6 is 39.3 Å². The number of benzene rings is 2. The zero-order valence-electron chi connectivity index (χ0n) is 16.8. The van der Waals surface area contributed by atoms with Gasteiger partial charge in [-0.2, -0.15) is 0 Å². The number of thioether (sulfide) groups is 1. The molecule has 9 heteroatoms. The number of ether oxygens (including phenoxy) is 2. The molecular weight excluding hydrogens is 506 g/mol. The Kier molecular flexibility index (Phi) is 7.80. The quantitative estimate of drug-likeness (QED) is 0.320. The fourth-order valence-corrected chi connectivity index (χ4v) is 4.42. The van der Waals surface area contributed by atoms with Gasteiger partial charge < -0.3 is 9.47 Å². The van der Waals surface area contributed by atoms with Gasteiger partial charge >= 0.3 is 0 Å². The number of imide groups is 1. The highest BCUT2D eigenvalue weighted by Crippen LogP contribution is 2.39. The maximum Gasteiger partial charge on any atom is 0.293 e. The van der Waals surface area contributed by atoms with Crippen LogP contribution in [0.5, 0.6) is 11.5 Å². The molecule has 1 saturated heterocycles. The first kappa shape index (κ1) is 23.4. The summed E-state index contributed by atoms with van der Waals surface area (Å²) < 4.78 is 11.9. The molecule has 0 bridgehead atoms. The maximum atomic E-state index is 12.8. The Morgan fingerprint density at radius 1 is 1.13 bits per heavy atom. The lowest BCUT2D eigenvalue weighted by atomic mass is 10.1. The summed E-state index contributed by atoms with van der Waals surface area (Å²) in [6.07, 6.45) is 1.60. The number of hydrogen-bond donors (Lipinski definition) is 0. The minimum atomic E-state index is -0.514. The van der Waals surface area contributed by atoms with E-state index in [2.05, 4.69) is 15.9 Å². The van der Waals surface area contributed by atoms with E-state index in [1.54, 1.807) is 42.5 Å². The van der Waals surface area contributed by atoms with E-state index in [1.165, 1.54) is 0 Å². The minimum Gasteiger partial charge on any atom is -0.490 e. The van der Waals surface area contributed by atoms with Crippen LogP contribution in [0, 0.1) is 0 Å². The van der Waals surface area contributed by atoms with E-state index in [1.807, 2.05) is 13.8 Å². The number of hydrogen-bond acceptors (Lipinski definition) is 6. The highest BCUT2D eigenvalue weighted by molar-refractivity contribution is 9.10. The number of amides is 2. The molecule has 1 aliphatic heterocycles. The summed E-state index contributed by atoms with van der Waals surface area (Å²) in [5, 5.41) is 0.00665. The van der Waals surface area contributed by atoms with E-state index in [9.17, 15) is 14.4 Å². The third-order valence-corrected chi connectivity index (χ3v) is 6.01. The average molecular weight is 525 g/mol. The summed E-state index contributed by atoms with van der Waals surface area (Å²) in [6, 6.07) is 9.81. The summed E-state index contributed by atoms with van der Waals surface area (Å²) in [6.45, 7) is 4.31. The Morgan fingerprint density at radius 3 is 2.45 bits per heavy atom. The van der Waals surface area contributed by atoms with E-state index in [0.29, 0.717) is 45.3 Å². The first-order valence-electron chi connectivity index (χ1n) is 9.47. The van der Waals surface area contributed by atoms with E-state index >= 15 is 0 Å². The minimum absolute atomic E-state index is 0.229. The monoisotopic (exact) mass is 523 g/mol. The molecule has 0 unspecified atom stereocenters. The van der Waals surface area contributed by atoms with Crippen molar-refractivity contribution in [1.29, 1.82) is 0 Å². The van der Waals surface area contributed by atoms with Gasteiger partial charge in [0.05, 0.1) is 29.1 Å². The molecule has 2 amide bonds. The molecule has 162 valence electrons. The number of Topliss-reactive ketones (excluding diaryl/α,β-unsaturated/α-hetero) is 1. The maximum absolute atomic E-state index is 12.8. The molecular formula is C22H19BrClNO5S. The molecule has 1 fully saturated rings. The Bertz CT molecular complexity index is 1050. The molecule has 1 aliphatic rings. The molecule has 2 aromatic rings. The largest absolute Gasteiger partial charge is 0.490 e. The average Bonchev–Trinajstić information content (AvgIpc) is 2.98. The Morgan fingerprint density at radius 2 is 1.81 bits per heavy atom. The van der Waals surface area contributed by atoms with E-state index in [-0.39, 0.29) is 17.2 Å². The van der Waals surface area contributed by atoms with Crippen LogP contribution < -0.4 is 9.47 Å². The van der Waals surface area contributed by atoms with Gasteiger partial charge in [0.25, 0.3) is 11.1 Å². The van der Waals surface area contributed by atoms with Crippen molar-refractivity contribution in [3.8, 4) is 11.5 Å². The predicted molar refractivity (Wildman–Crippen MR) is 125 cm³/mol. The second kappa shape index (κ2) is 10.3. The van der Waals surface area contributed by atoms with Gasteiger partial charge in [0.2, 0.25) is 0 Å². The van der Waals surface area contributed by atoms with E-state index in [4.69, 9.17) is 21.1 Å². The smallest absolute Gasteiger partial charge is 0.293 e. The van der Waals surface area contributed by atoms with Crippen LogP contribution in [0.25, 0.3) is 6.08 Å². The molecule has 0 aromatic heterocycles. The summed E-state index contributed by atoms with van der Waals surface area (Å²) >= 11 is 10.1. The van der Waals surface area contributed by atoms with Gasteiger partial charge in [-0.3, -0.25) is 19.3 Å². The number of ketones is 1. The number of carbonyl (C=O) groups excluding carboxylic acids is 3. The number of carbonyl (C=O) groups is 3. The van der Waals surface area contributed by atoms with Crippen LogP contribution in [0.15, 0.2) is 45.8 Å². The van der Waals surface area contributed by atoms with Crippen molar-refractivity contribution in [2.75, 3.05) is 19.8 Å². The Labute approximate surface area is 197 Å². The lowest BCUT2D eigenvalue weighted by Crippen LogP contribution is -2.33. The molecule has 0 saturated carbocycles. The molecule has 31 heavy (non-hydrogen) atoms. The second-order valence-corrected chi connectivity index (χ2v) is 8.68. The molecule has 0 radical (unpaired) electrons. The normalized spacial score (nSPS) is 15.0. The first-order chi connectivity index (χ1) is 14.8. The van der Waals surface area contributed by atoms with Crippen LogP contribution in [0.3, 0.4) is 0 Å². The van der Waals surface area contributed by atoms with E-state index < -0.39 is 11.1 Å². The molecule has 0 aliphatic carbocycles. The molecule has 1 heterocycles. The lowest BCUT2D eigenvalue weighted by molar-refractivity contribution is -0.122. The fraction of sp³-hybridized carbons (Fsp3) is 0.227. The summed E-state index contributed by atoms with van der Waals surface area (Å²) in [5.74, 6) is 0.244. The molecule has 0 atom stereocenters. The van der Waals surface area contributed by atoms with Crippen LogP contribution in [0.4, 0.5) is 4.79 Å². The van der Waals surface area contributed by atoms with Gasteiger partial charge in [0.15, 0.2) is 17.3 Å². The molecule has 6 nitrogen and oxygen atoms in total. The van der Waals surface area contributed by atoms with Gasteiger partial charge in [0.1, 0.15) is 0 Å². The number of rotatable bonds is 8. The number of halogens is 2. The van der Waals surface area contributed by atoms with Crippen molar-refractivity contribution in [3.05, 3.63) is 61.9 Å². The van der Waals surface area contributed by atoms with Crippen LogP contribution in [-0.2, 0) is 4.79 Å². The van der Waals surface area contributed by atoms with Gasteiger partial charge in [0, 0.05) is 10.6 Å². The Hall–Kier alpha value is -2.29. The van der Waals surface area contributed by atoms with Crippen molar-refractivity contribution in [2.24, 2.45) is 0 Å². The SMILES string of the molecule is CCOc1cc(/C=C2/SC(=O)N(CC(=O)c3ccc(Cl)cc3)C2=O)cc(Br)c1OCC. The highest BCUT2D eigenvalue weighted by Gasteiger charge is 2.36. The first-order valence-corrected chi connectivity index (χ1v) is 11.5. The molecule has 0 N–H and O–H groups in total. The van der Waals surface area contributed by atoms with Gasteiger partial charge in [-0.25, -0.2) is 0 Å². The second-order valence-electron chi connectivity index (χ2n) is 6.39. The predicted octanol–water partition coefficient (Wildman–Crippen LogP) is 5.82. The van der Waals surface area contributed by atoms with E-state index in [0.717, 1.165) is 16.7 Å². The van der Waals surface area contributed by atoms with Crippen LogP contribution in [-0.4, -0.2) is 41.6 Å². The van der Waals surface area contributed by atoms with Crippen molar-refractivity contribution in [2.45, 2.75) is 13.8 Å². The lowest BCUT2D eigenvalue weighted by Gasteiger charge is -2.14. The molecule has 3 rings (SSSR count). The zero-order chi connectivity index (χ0) is 22.5. The van der Waals surface area contributed by atoms with Crippen molar-refractivity contribution < 1.29 is 23.9 Å². The van der Waals surface area contributed by atoms with Crippen molar-refractivity contribution in [1.82, 2.24) is 4.90 Å².